The minimum absolute atomic E-state index is 0.0913. The zero-order valence-corrected chi connectivity index (χ0v) is 9.73. The van der Waals surface area contributed by atoms with Crippen LogP contribution < -0.4 is 5.73 Å². The third-order valence-electron chi connectivity index (χ3n) is 4.64. The Labute approximate surface area is 101 Å². The van der Waals surface area contributed by atoms with Crippen LogP contribution in [0, 0.1) is 11.8 Å². The van der Waals surface area contributed by atoms with Gasteiger partial charge in [0.05, 0.1) is 0 Å². The summed E-state index contributed by atoms with van der Waals surface area (Å²) in [6, 6.07) is 8.27. The smallest absolute Gasteiger partial charge is 0.324 e. The number of aliphatic carboxylic acids is 1. The number of carboxylic acids is 1. The van der Waals surface area contributed by atoms with Gasteiger partial charge in [-0.2, -0.15) is 0 Å². The van der Waals surface area contributed by atoms with E-state index in [-0.39, 0.29) is 11.8 Å². The second-order valence-corrected chi connectivity index (χ2v) is 5.39. The quantitative estimate of drug-likeness (QED) is 0.771. The molecule has 1 saturated carbocycles. The molecular formula is C14H17NO2. The van der Waals surface area contributed by atoms with Gasteiger partial charge in [-0.25, -0.2) is 0 Å². The maximum atomic E-state index is 11.5. The Hall–Kier alpha value is -1.35. The molecule has 3 rings (SSSR count). The molecule has 3 N–H and O–H groups in total. The van der Waals surface area contributed by atoms with Gasteiger partial charge in [-0.3, -0.25) is 4.79 Å². The Morgan fingerprint density at radius 3 is 2.06 bits per heavy atom. The predicted octanol–water partition coefficient (Wildman–Crippen LogP) is 1.59. The van der Waals surface area contributed by atoms with Crippen molar-refractivity contribution in [3.8, 4) is 0 Å². The molecule has 0 amide bonds. The van der Waals surface area contributed by atoms with Crippen LogP contribution in [0.25, 0.3) is 0 Å². The first kappa shape index (κ1) is 10.8. The predicted molar refractivity (Wildman–Crippen MR) is 64.6 cm³/mol. The van der Waals surface area contributed by atoms with Gasteiger partial charge >= 0.3 is 5.97 Å². The van der Waals surface area contributed by atoms with E-state index in [9.17, 15) is 9.90 Å². The summed E-state index contributed by atoms with van der Waals surface area (Å²) >= 11 is 0. The zero-order chi connectivity index (χ0) is 12.0. The van der Waals surface area contributed by atoms with Gasteiger partial charge in [0.1, 0.15) is 5.54 Å². The maximum absolute atomic E-state index is 11.5. The Kier molecular flexibility index (Phi) is 2.26. The Bertz CT molecular complexity index is 436. The maximum Gasteiger partial charge on any atom is 0.324 e. The van der Waals surface area contributed by atoms with Crippen LogP contribution in [-0.2, 0) is 17.6 Å². The molecule has 1 aromatic carbocycles. The average molecular weight is 231 g/mol. The average Bonchev–Trinajstić information content (AvgIpc) is 2.53. The molecular weight excluding hydrogens is 214 g/mol. The van der Waals surface area contributed by atoms with Gasteiger partial charge in [-0.15, -0.1) is 0 Å². The Morgan fingerprint density at radius 1 is 1.18 bits per heavy atom. The summed E-state index contributed by atoms with van der Waals surface area (Å²) < 4.78 is 0. The van der Waals surface area contributed by atoms with Crippen LogP contribution in [0.15, 0.2) is 24.3 Å². The second kappa shape index (κ2) is 3.57. The fourth-order valence-electron chi connectivity index (χ4n) is 3.59. The molecule has 0 heterocycles. The van der Waals surface area contributed by atoms with Crippen molar-refractivity contribution < 1.29 is 9.90 Å². The van der Waals surface area contributed by atoms with E-state index in [2.05, 4.69) is 12.1 Å². The number of rotatable bonds is 1. The lowest BCUT2D eigenvalue weighted by Crippen LogP contribution is -2.56. The van der Waals surface area contributed by atoms with Crippen molar-refractivity contribution in [3.05, 3.63) is 35.4 Å². The van der Waals surface area contributed by atoms with Crippen LogP contribution in [0.2, 0.25) is 0 Å². The van der Waals surface area contributed by atoms with Gasteiger partial charge in [0.15, 0.2) is 0 Å². The van der Waals surface area contributed by atoms with E-state index in [4.69, 9.17) is 5.73 Å². The highest BCUT2D eigenvalue weighted by atomic mass is 16.4. The molecule has 90 valence electrons. The highest BCUT2D eigenvalue weighted by molar-refractivity contribution is 5.80. The molecule has 3 nitrogen and oxygen atoms in total. The summed E-state index contributed by atoms with van der Waals surface area (Å²) in [5, 5.41) is 9.46. The number of hydrogen-bond acceptors (Lipinski definition) is 2. The van der Waals surface area contributed by atoms with Crippen LogP contribution in [-0.4, -0.2) is 16.6 Å². The zero-order valence-electron chi connectivity index (χ0n) is 9.73. The largest absolute Gasteiger partial charge is 0.480 e. The standard InChI is InChI=1S/C14H17NO2/c15-14(13(16)17)11-5-6-12(14)8-10-4-2-1-3-9(10)7-11/h1-4,11-12H,5-8,15H2,(H,16,17). The van der Waals surface area contributed by atoms with Gasteiger partial charge in [-0.1, -0.05) is 24.3 Å². The first-order valence-electron chi connectivity index (χ1n) is 6.21. The first-order chi connectivity index (χ1) is 8.12. The molecule has 0 saturated heterocycles. The van der Waals surface area contributed by atoms with Crippen molar-refractivity contribution in [2.24, 2.45) is 17.6 Å². The summed E-state index contributed by atoms with van der Waals surface area (Å²) in [4.78, 5) is 11.5. The van der Waals surface area contributed by atoms with E-state index in [0.717, 1.165) is 25.7 Å². The molecule has 1 fully saturated rings. The number of fused-ring (bicyclic) bond motifs is 3. The number of nitrogens with two attached hydrogens (primary N) is 1. The molecule has 17 heavy (non-hydrogen) atoms. The van der Waals surface area contributed by atoms with E-state index >= 15 is 0 Å². The third kappa shape index (κ3) is 1.42. The molecule has 0 aromatic heterocycles. The van der Waals surface area contributed by atoms with Crippen LogP contribution in [0.3, 0.4) is 0 Å². The van der Waals surface area contributed by atoms with Crippen molar-refractivity contribution in [2.75, 3.05) is 0 Å². The molecule has 2 atom stereocenters. The second-order valence-electron chi connectivity index (χ2n) is 5.39. The SMILES string of the molecule is NC1(C(=O)O)C2CCC1Cc1ccccc1C2. The Balaban J connectivity index is 2.06. The van der Waals surface area contributed by atoms with Crippen molar-refractivity contribution >= 4 is 5.97 Å². The van der Waals surface area contributed by atoms with Gasteiger partial charge < -0.3 is 10.8 Å². The van der Waals surface area contributed by atoms with Crippen LogP contribution >= 0.6 is 0 Å². The summed E-state index contributed by atoms with van der Waals surface area (Å²) in [5.41, 5.74) is 7.79. The monoisotopic (exact) mass is 231 g/mol. The summed E-state index contributed by atoms with van der Waals surface area (Å²) in [6.45, 7) is 0. The summed E-state index contributed by atoms with van der Waals surface area (Å²) in [5.74, 6) is -0.639. The van der Waals surface area contributed by atoms with Crippen molar-refractivity contribution in [2.45, 2.75) is 31.2 Å². The highest BCUT2D eigenvalue weighted by Gasteiger charge is 2.54. The molecule has 2 bridgehead atoms. The van der Waals surface area contributed by atoms with Crippen LogP contribution in [0.4, 0.5) is 0 Å². The number of carbonyl (C=O) groups is 1. The minimum atomic E-state index is -1.01. The lowest BCUT2D eigenvalue weighted by atomic mass is 9.80. The summed E-state index contributed by atoms with van der Waals surface area (Å²) in [6.07, 6.45) is 3.52. The normalized spacial score (nSPS) is 35.1. The van der Waals surface area contributed by atoms with Crippen LogP contribution in [0.1, 0.15) is 24.0 Å². The fourth-order valence-corrected chi connectivity index (χ4v) is 3.59. The topological polar surface area (TPSA) is 63.3 Å². The van der Waals surface area contributed by atoms with Crippen molar-refractivity contribution in [1.29, 1.82) is 0 Å². The fraction of sp³-hybridized carbons (Fsp3) is 0.500. The molecule has 0 radical (unpaired) electrons. The molecule has 3 heteroatoms. The number of hydrogen-bond donors (Lipinski definition) is 2. The van der Waals surface area contributed by atoms with Crippen molar-refractivity contribution in [1.82, 2.24) is 0 Å². The number of benzene rings is 1. The molecule has 0 spiro atoms. The molecule has 1 aromatic rings. The Morgan fingerprint density at radius 2 is 1.65 bits per heavy atom. The van der Waals surface area contributed by atoms with E-state index in [1.54, 1.807) is 0 Å². The molecule has 2 unspecified atom stereocenters. The lowest BCUT2D eigenvalue weighted by molar-refractivity contribution is -0.146. The van der Waals surface area contributed by atoms with Crippen LogP contribution in [0.5, 0.6) is 0 Å². The molecule has 0 aliphatic heterocycles. The lowest BCUT2D eigenvalue weighted by Gasteiger charge is -2.30. The third-order valence-corrected chi connectivity index (χ3v) is 4.64. The van der Waals surface area contributed by atoms with E-state index in [0.29, 0.717) is 0 Å². The first-order valence-corrected chi connectivity index (χ1v) is 6.21. The minimum Gasteiger partial charge on any atom is -0.480 e. The van der Waals surface area contributed by atoms with E-state index in [1.165, 1.54) is 11.1 Å². The van der Waals surface area contributed by atoms with Gasteiger partial charge in [0.25, 0.3) is 0 Å². The van der Waals surface area contributed by atoms with E-state index in [1.807, 2.05) is 12.1 Å². The summed E-state index contributed by atoms with van der Waals surface area (Å²) in [7, 11) is 0. The number of carboxylic acid groups (broad SMARTS) is 1. The van der Waals surface area contributed by atoms with Gasteiger partial charge in [0, 0.05) is 0 Å². The highest BCUT2D eigenvalue weighted by Crippen LogP contribution is 2.45. The van der Waals surface area contributed by atoms with E-state index < -0.39 is 11.5 Å². The van der Waals surface area contributed by atoms with Gasteiger partial charge in [0.2, 0.25) is 0 Å². The molecule has 2 aliphatic rings. The van der Waals surface area contributed by atoms with Gasteiger partial charge in [-0.05, 0) is 48.6 Å². The molecule has 2 aliphatic carbocycles. The van der Waals surface area contributed by atoms with Crippen molar-refractivity contribution in [3.63, 3.8) is 0 Å².